The van der Waals surface area contributed by atoms with E-state index in [9.17, 15) is 9.59 Å². The molecule has 0 unspecified atom stereocenters. The molecule has 2 rings (SSSR count). The molecule has 0 spiro atoms. The molecule has 0 aliphatic rings. The van der Waals surface area contributed by atoms with Gasteiger partial charge in [-0.05, 0) is 36.5 Å². The molecule has 1 aromatic carbocycles. The number of carbonyl (C=O) groups is 1. The Hall–Kier alpha value is -2.62. The lowest BCUT2D eigenvalue weighted by Crippen LogP contribution is -2.23. The van der Waals surface area contributed by atoms with Crippen molar-refractivity contribution in [3.8, 4) is 0 Å². The van der Waals surface area contributed by atoms with Crippen LogP contribution in [0.4, 0.5) is 0 Å². The van der Waals surface area contributed by atoms with Crippen molar-refractivity contribution in [1.29, 1.82) is 0 Å². The van der Waals surface area contributed by atoms with Gasteiger partial charge in [-0.1, -0.05) is 42.5 Å². The fourth-order valence-corrected chi connectivity index (χ4v) is 2.62. The maximum absolute atomic E-state index is 12.4. The van der Waals surface area contributed by atoms with Gasteiger partial charge in [-0.2, -0.15) is 0 Å². The summed E-state index contributed by atoms with van der Waals surface area (Å²) in [5.74, 6) is -0.837. The first-order valence-corrected chi connectivity index (χ1v) is 7.63. The van der Waals surface area contributed by atoms with Crippen molar-refractivity contribution >= 4 is 18.1 Å². The molecule has 23 heavy (non-hydrogen) atoms. The molecule has 1 aromatic heterocycles. The summed E-state index contributed by atoms with van der Waals surface area (Å²) >= 11 is 0. The highest BCUT2D eigenvalue weighted by Gasteiger charge is 2.11. The number of rotatable bonds is 6. The zero-order chi connectivity index (χ0) is 16.8. The number of hydrogen-bond donors (Lipinski definition) is 1. The normalized spacial score (nSPS) is 11.0. The Bertz CT molecular complexity index is 773. The van der Waals surface area contributed by atoms with Gasteiger partial charge in [-0.25, -0.2) is 0 Å². The van der Waals surface area contributed by atoms with Crippen molar-refractivity contribution in [1.82, 2.24) is 4.57 Å². The fraction of sp³-hybridized carbons (Fsp3) is 0.263. The number of pyridine rings is 1. The van der Waals surface area contributed by atoms with E-state index >= 15 is 0 Å². The number of carboxylic acids is 1. The summed E-state index contributed by atoms with van der Waals surface area (Å²) in [6, 6.07) is 9.88. The smallest absolute Gasteiger partial charge is 0.303 e. The zero-order valence-corrected chi connectivity index (χ0v) is 13.5. The monoisotopic (exact) mass is 311 g/mol. The summed E-state index contributed by atoms with van der Waals surface area (Å²) in [6.45, 7) is 1.96. The van der Waals surface area contributed by atoms with E-state index in [1.807, 2.05) is 55.6 Å². The van der Waals surface area contributed by atoms with E-state index in [0.717, 1.165) is 16.7 Å². The van der Waals surface area contributed by atoms with Gasteiger partial charge in [0, 0.05) is 25.2 Å². The van der Waals surface area contributed by atoms with Gasteiger partial charge in [0.1, 0.15) is 0 Å². The fourth-order valence-electron chi connectivity index (χ4n) is 2.62. The molecule has 120 valence electrons. The van der Waals surface area contributed by atoms with Gasteiger partial charge >= 0.3 is 5.97 Å². The van der Waals surface area contributed by atoms with Gasteiger partial charge in [0.2, 0.25) is 0 Å². The number of nitrogens with zero attached hydrogens (tertiary/aromatic N) is 1. The molecule has 4 heteroatoms. The lowest BCUT2D eigenvalue weighted by Gasteiger charge is -2.11. The van der Waals surface area contributed by atoms with E-state index in [1.54, 1.807) is 11.6 Å². The van der Waals surface area contributed by atoms with Gasteiger partial charge in [-0.15, -0.1) is 0 Å². The first-order chi connectivity index (χ1) is 11.0. The second kappa shape index (κ2) is 7.58. The summed E-state index contributed by atoms with van der Waals surface area (Å²) in [6.07, 6.45) is 6.73. The van der Waals surface area contributed by atoms with E-state index in [-0.39, 0.29) is 12.0 Å². The van der Waals surface area contributed by atoms with Crippen LogP contribution in [0.15, 0.2) is 41.3 Å². The molecular formula is C19H21NO3. The molecule has 0 saturated carbocycles. The summed E-state index contributed by atoms with van der Waals surface area (Å²) in [4.78, 5) is 23.1. The Kier molecular flexibility index (Phi) is 5.52. The van der Waals surface area contributed by atoms with Gasteiger partial charge < -0.3 is 9.67 Å². The van der Waals surface area contributed by atoms with Crippen LogP contribution in [0.5, 0.6) is 0 Å². The predicted octanol–water partition coefficient (Wildman–Crippen LogP) is 3.27. The predicted molar refractivity (Wildman–Crippen MR) is 92.4 cm³/mol. The molecule has 1 heterocycles. The van der Waals surface area contributed by atoms with E-state index in [2.05, 4.69) is 0 Å². The van der Waals surface area contributed by atoms with Gasteiger partial charge in [0.05, 0.1) is 0 Å². The quantitative estimate of drug-likeness (QED) is 0.890. The summed E-state index contributed by atoms with van der Waals surface area (Å²) in [5.41, 5.74) is 3.57. The Balaban J connectivity index is 2.37. The number of carboxylic acid groups (broad SMARTS) is 1. The Morgan fingerprint density at radius 1 is 1.22 bits per heavy atom. The van der Waals surface area contributed by atoms with E-state index in [1.165, 1.54) is 0 Å². The van der Waals surface area contributed by atoms with Crippen LogP contribution < -0.4 is 5.56 Å². The average molecular weight is 311 g/mol. The number of aromatic nitrogens is 1. The van der Waals surface area contributed by atoms with Crippen molar-refractivity contribution < 1.29 is 9.90 Å². The first kappa shape index (κ1) is 16.7. The lowest BCUT2D eigenvalue weighted by atomic mass is 9.99. The highest BCUT2D eigenvalue weighted by atomic mass is 16.4. The standard InChI is InChI=1S/C19H21NO3/c1-14-13-20(2)19(23)17(9-6-10-18(21)22)16(14)12-11-15-7-4-3-5-8-15/h3-5,7-8,11-13H,6,9-10H2,1-2H3,(H,21,22)/b12-11+. The van der Waals surface area contributed by atoms with Gasteiger partial charge in [0.25, 0.3) is 5.56 Å². The molecule has 0 saturated heterocycles. The molecule has 0 amide bonds. The highest BCUT2D eigenvalue weighted by molar-refractivity contribution is 5.72. The minimum absolute atomic E-state index is 0.0614. The average Bonchev–Trinajstić information content (AvgIpc) is 2.52. The highest BCUT2D eigenvalue weighted by Crippen LogP contribution is 2.17. The molecule has 0 atom stereocenters. The number of aliphatic carboxylic acids is 1. The summed E-state index contributed by atoms with van der Waals surface area (Å²) < 4.78 is 1.56. The van der Waals surface area contributed by atoms with Gasteiger partial charge in [0.15, 0.2) is 0 Å². The summed E-state index contributed by atoms with van der Waals surface area (Å²) in [5, 5.41) is 8.79. The summed E-state index contributed by atoms with van der Waals surface area (Å²) in [7, 11) is 1.72. The molecule has 0 radical (unpaired) electrons. The van der Waals surface area contributed by atoms with Crippen molar-refractivity contribution in [3.05, 3.63) is 69.1 Å². The van der Waals surface area contributed by atoms with E-state index in [4.69, 9.17) is 5.11 Å². The minimum Gasteiger partial charge on any atom is -0.481 e. The van der Waals surface area contributed by atoms with E-state index in [0.29, 0.717) is 18.4 Å². The Morgan fingerprint density at radius 3 is 2.57 bits per heavy atom. The SMILES string of the molecule is Cc1cn(C)c(=O)c(CCCC(=O)O)c1/C=C/c1ccccc1. The second-order valence-electron chi connectivity index (χ2n) is 5.61. The van der Waals surface area contributed by atoms with Crippen LogP contribution in [0.2, 0.25) is 0 Å². The third kappa shape index (κ3) is 4.42. The third-order valence-corrected chi connectivity index (χ3v) is 3.78. The lowest BCUT2D eigenvalue weighted by molar-refractivity contribution is -0.137. The third-order valence-electron chi connectivity index (χ3n) is 3.78. The zero-order valence-electron chi connectivity index (χ0n) is 13.5. The molecule has 1 N–H and O–H groups in total. The van der Waals surface area contributed by atoms with Crippen molar-refractivity contribution in [3.63, 3.8) is 0 Å². The van der Waals surface area contributed by atoms with Crippen molar-refractivity contribution in [2.45, 2.75) is 26.2 Å². The Morgan fingerprint density at radius 2 is 1.91 bits per heavy atom. The first-order valence-electron chi connectivity index (χ1n) is 7.63. The van der Waals surface area contributed by atoms with Gasteiger partial charge in [-0.3, -0.25) is 9.59 Å². The Labute approximate surface area is 135 Å². The van der Waals surface area contributed by atoms with E-state index < -0.39 is 5.97 Å². The molecule has 0 fully saturated rings. The number of hydrogen-bond acceptors (Lipinski definition) is 2. The van der Waals surface area contributed by atoms with Crippen molar-refractivity contribution in [2.24, 2.45) is 7.05 Å². The molecule has 4 nitrogen and oxygen atoms in total. The topological polar surface area (TPSA) is 59.3 Å². The maximum Gasteiger partial charge on any atom is 0.303 e. The second-order valence-corrected chi connectivity index (χ2v) is 5.61. The van der Waals surface area contributed by atoms with Crippen LogP contribution in [0.3, 0.4) is 0 Å². The molecule has 2 aromatic rings. The maximum atomic E-state index is 12.4. The molecule has 0 aliphatic heterocycles. The van der Waals surface area contributed by atoms with Crippen LogP contribution in [-0.2, 0) is 18.3 Å². The largest absolute Gasteiger partial charge is 0.481 e. The molecule has 0 aliphatic carbocycles. The minimum atomic E-state index is -0.837. The van der Waals surface area contributed by atoms with Crippen molar-refractivity contribution in [2.75, 3.05) is 0 Å². The molecular weight excluding hydrogens is 290 g/mol. The van der Waals surface area contributed by atoms with Crippen LogP contribution in [-0.4, -0.2) is 15.6 Å². The van der Waals surface area contributed by atoms with Crippen LogP contribution in [0.25, 0.3) is 12.2 Å². The molecule has 0 bridgehead atoms. The van der Waals surface area contributed by atoms with Crippen LogP contribution in [0.1, 0.15) is 35.1 Å². The number of aryl methyl sites for hydroxylation is 2. The number of benzene rings is 1. The van der Waals surface area contributed by atoms with Crippen LogP contribution in [0, 0.1) is 6.92 Å². The van der Waals surface area contributed by atoms with Crippen LogP contribution >= 0.6 is 0 Å².